The summed E-state index contributed by atoms with van der Waals surface area (Å²) in [5.74, 6) is 0.733. The predicted octanol–water partition coefficient (Wildman–Crippen LogP) is 2.86. The molecule has 1 saturated carbocycles. The van der Waals surface area contributed by atoms with E-state index < -0.39 is 0 Å². The highest BCUT2D eigenvalue weighted by molar-refractivity contribution is 5.86. The Labute approximate surface area is 130 Å². The second-order valence-electron chi connectivity index (χ2n) is 6.91. The molecule has 3 unspecified atom stereocenters. The summed E-state index contributed by atoms with van der Waals surface area (Å²) >= 11 is 0. The quantitative estimate of drug-likeness (QED) is 0.806. The number of ketones is 1. The van der Waals surface area contributed by atoms with Crippen molar-refractivity contribution in [1.82, 2.24) is 5.01 Å². The first kappa shape index (κ1) is 13.9. The average Bonchev–Trinajstić information content (AvgIpc) is 3.16. The molecule has 22 heavy (non-hydrogen) atoms. The smallest absolute Gasteiger partial charge is 0.161 e. The van der Waals surface area contributed by atoms with Gasteiger partial charge in [0.1, 0.15) is 11.6 Å². The number of carbonyl (C=O) groups excluding carboxylic acids is 1. The lowest BCUT2D eigenvalue weighted by molar-refractivity contribution is -0.124. The summed E-state index contributed by atoms with van der Waals surface area (Å²) in [4.78, 5) is 12.1. The maximum absolute atomic E-state index is 12.1. The van der Waals surface area contributed by atoms with Gasteiger partial charge in [-0.3, -0.25) is 9.80 Å². The van der Waals surface area contributed by atoms with E-state index in [2.05, 4.69) is 48.5 Å². The molecule has 0 bridgehead atoms. The van der Waals surface area contributed by atoms with Gasteiger partial charge < -0.3 is 4.74 Å². The predicted molar refractivity (Wildman–Crippen MR) is 81.4 cm³/mol. The fraction of sp³-hybridized carbons (Fsp3) is 0.588. The summed E-state index contributed by atoms with van der Waals surface area (Å²) in [7, 11) is 0. The second-order valence-corrected chi connectivity index (χ2v) is 6.91. The van der Waals surface area contributed by atoms with Crippen LogP contribution in [-0.4, -0.2) is 35.1 Å². The molecule has 1 aromatic carbocycles. The molecule has 5 nitrogen and oxygen atoms in total. The fourth-order valence-corrected chi connectivity index (χ4v) is 3.57. The Balaban J connectivity index is 1.53. The van der Waals surface area contributed by atoms with E-state index in [4.69, 9.17) is 4.74 Å². The Morgan fingerprint density at radius 3 is 2.73 bits per heavy atom. The van der Waals surface area contributed by atoms with Gasteiger partial charge in [0.25, 0.3) is 0 Å². The molecule has 1 saturated heterocycles. The Morgan fingerprint density at radius 2 is 2.09 bits per heavy atom. The van der Waals surface area contributed by atoms with Crippen LogP contribution < -0.4 is 0 Å². The van der Waals surface area contributed by atoms with Gasteiger partial charge in [-0.15, -0.1) is 0 Å². The summed E-state index contributed by atoms with van der Waals surface area (Å²) in [6, 6.07) is 8.27. The number of benzene rings is 1. The van der Waals surface area contributed by atoms with E-state index in [-0.39, 0.29) is 23.5 Å². The highest BCUT2D eigenvalue weighted by Crippen LogP contribution is 2.46. The van der Waals surface area contributed by atoms with Crippen LogP contribution in [0.2, 0.25) is 0 Å². The highest BCUT2D eigenvalue weighted by atomic mass is 16.6. The van der Waals surface area contributed by atoms with Crippen molar-refractivity contribution in [2.75, 3.05) is 6.61 Å². The topological polar surface area (TPSA) is 57.6 Å². The molecule has 116 valence electrons. The van der Waals surface area contributed by atoms with Crippen LogP contribution in [0.25, 0.3) is 0 Å². The highest BCUT2D eigenvalue weighted by Gasteiger charge is 2.62. The second kappa shape index (κ2) is 4.88. The summed E-state index contributed by atoms with van der Waals surface area (Å²) < 4.78 is 5.70. The minimum atomic E-state index is -0.328. The zero-order chi connectivity index (χ0) is 15.3. The van der Waals surface area contributed by atoms with E-state index in [1.807, 2.05) is 5.01 Å². The molecule has 4 rings (SSSR count). The van der Waals surface area contributed by atoms with E-state index in [9.17, 15) is 4.79 Å². The van der Waals surface area contributed by atoms with Gasteiger partial charge in [-0.1, -0.05) is 43.3 Å². The summed E-state index contributed by atoms with van der Waals surface area (Å²) in [6.45, 7) is 5.79. The third-order valence-electron chi connectivity index (χ3n) is 5.08. The van der Waals surface area contributed by atoms with E-state index in [0.29, 0.717) is 18.9 Å². The molecule has 2 heterocycles. The fourth-order valence-electron chi connectivity index (χ4n) is 3.57. The van der Waals surface area contributed by atoms with Crippen molar-refractivity contribution < 1.29 is 9.53 Å². The van der Waals surface area contributed by atoms with Crippen molar-refractivity contribution in [1.29, 1.82) is 0 Å². The maximum Gasteiger partial charge on any atom is 0.161 e. The SMILES string of the molecule is CC(C)c1ccc(CN2N=NC3C(=O)CCC4(CO4)C32)cc1. The Bertz CT molecular complexity index is 619. The molecular weight excluding hydrogens is 278 g/mol. The van der Waals surface area contributed by atoms with Crippen LogP contribution >= 0.6 is 0 Å². The van der Waals surface area contributed by atoms with Crippen molar-refractivity contribution in [3.05, 3.63) is 35.4 Å². The number of nitrogens with zero attached hydrogens (tertiary/aromatic N) is 3. The van der Waals surface area contributed by atoms with E-state index in [1.54, 1.807) is 0 Å². The largest absolute Gasteiger partial charge is 0.367 e. The van der Waals surface area contributed by atoms with Crippen LogP contribution in [0, 0.1) is 0 Å². The van der Waals surface area contributed by atoms with E-state index in [0.717, 1.165) is 13.0 Å². The maximum atomic E-state index is 12.1. The Kier molecular flexibility index (Phi) is 3.08. The van der Waals surface area contributed by atoms with Gasteiger partial charge in [-0.2, -0.15) is 5.11 Å². The van der Waals surface area contributed by atoms with Crippen molar-refractivity contribution in [3.63, 3.8) is 0 Å². The third kappa shape index (κ3) is 2.15. The van der Waals surface area contributed by atoms with Crippen LogP contribution in [0.15, 0.2) is 34.6 Å². The van der Waals surface area contributed by atoms with Gasteiger partial charge in [0.05, 0.1) is 13.2 Å². The molecule has 0 N–H and O–H groups in total. The van der Waals surface area contributed by atoms with Gasteiger partial charge in [0, 0.05) is 6.42 Å². The number of epoxide rings is 1. The number of Topliss-reactive ketones (excluding diaryl/α,β-unsaturated/α-hetero) is 1. The van der Waals surface area contributed by atoms with Gasteiger partial charge in [0.2, 0.25) is 0 Å². The van der Waals surface area contributed by atoms with Gasteiger partial charge in [-0.25, -0.2) is 0 Å². The third-order valence-corrected chi connectivity index (χ3v) is 5.08. The number of rotatable bonds is 3. The van der Waals surface area contributed by atoms with Crippen LogP contribution in [0.3, 0.4) is 0 Å². The van der Waals surface area contributed by atoms with Crippen LogP contribution in [0.4, 0.5) is 0 Å². The lowest BCUT2D eigenvalue weighted by atomic mass is 9.80. The molecule has 5 heteroatoms. The number of hydrogen-bond acceptors (Lipinski definition) is 5. The first-order valence-electron chi connectivity index (χ1n) is 8.02. The van der Waals surface area contributed by atoms with Crippen LogP contribution in [0.1, 0.15) is 43.7 Å². The van der Waals surface area contributed by atoms with Gasteiger partial charge in [-0.05, 0) is 23.5 Å². The first-order chi connectivity index (χ1) is 10.6. The number of carbonyl (C=O) groups is 1. The van der Waals surface area contributed by atoms with Crippen molar-refractivity contribution >= 4 is 5.78 Å². The van der Waals surface area contributed by atoms with Gasteiger partial charge >= 0.3 is 0 Å². The Morgan fingerprint density at radius 1 is 1.36 bits per heavy atom. The number of fused-ring (bicyclic) bond motifs is 2. The Hall–Kier alpha value is -1.75. The van der Waals surface area contributed by atoms with Crippen molar-refractivity contribution in [3.8, 4) is 0 Å². The van der Waals surface area contributed by atoms with E-state index >= 15 is 0 Å². The average molecular weight is 299 g/mol. The standard InChI is InChI=1S/C17H21N3O2/c1-11(2)13-5-3-12(4-6-13)9-20-16-15(18-19-20)14(21)7-8-17(16)10-22-17/h3-6,11,15-16H,7-10H2,1-2H3. The normalized spacial score (nSPS) is 32.9. The zero-order valence-corrected chi connectivity index (χ0v) is 13.0. The molecular formula is C17H21N3O2. The van der Waals surface area contributed by atoms with E-state index in [1.165, 1.54) is 11.1 Å². The molecule has 3 aliphatic rings. The lowest BCUT2D eigenvalue weighted by Crippen LogP contribution is -2.53. The monoisotopic (exact) mass is 299 g/mol. The van der Waals surface area contributed by atoms with Crippen molar-refractivity contribution in [2.24, 2.45) is 10.3 Å². The number of hydrogen-bond donors (Lipinski definition) is 0. The van der Waals surface area contributed by atoms with Crippen molar-refractivity contribution in [2.45, 2.75) is 56.8 Å². The molecule has 2 aliphatic heterocycles. The molecule has 0 aromatic heterocycles. The molecule has 1 aromatic rings. The molecule has 3 atom stereocenters. The molecule has 2 fully saturated rings. The van der Waals surface area contributed by atoms with Gasteiger partial charge in [0.15, 0.2) is 11.8 Å². The molecule has 1 aliphatic carbocycles. The minimum absolute atomic E-state index is 0.0153. The molecule has 0 amide bonds. The summed E-state index contributed by atoms with van der Waals surface area (Å²) in [5, 5.41) is 10.5. The zero-order valence-electron chi connectivity index (χ0n) is 13.0. The number of ether oxygens (including phenoxy) is 1. The first-order valence-corrected chi connectivity index (χ1v) is 8.02. The van der Waals surface area contributed by atoms with Crippen LogP contribution in [0.5, 0.6) is 0 Å². The lowest BCUT2D eigenvalue weighted by Gasteiger charge is -2.33. The molecule has 1 spiro atoms. The minimum Gasteiger partial charge on any atom is -0.367 e. The molecule has 0 radical (unpaired) electrons. The summed E-state index contributed by atoms with van der Waals surface area (Å²) in [5.41, 5.74) is 2.34. The van der Waals surface area contributed by atoms with Crippen LogP contribution in [-0.2, 0) is 16.1 Å². The summed E-state index contributed by atoms with van der Waals surface area (Å²) in [6.07, 6.45) is 1.37.